The van der Waals surface area contributed by atoms with E-state index >= 15 is 0 Å². The summed E-state index contributed by atoms with van der Waals surface area (Å²) in [6, 6.07) is 3.75. The number of carbonyl (C=O) groups is 2. The lowest BCUT2D eigenvalue weighted by Crippen LogP contribution is -2.45. The van der Waals surface area contributed by atoms with Gasteiger partial charge in [-0.05, 0) is 40.5 Å². The second-order valence-corrected chi connectivity index (χ2v) is 5.83. The third-order valence-electron chi connectivity index (χ3n) is 3.57. The van der Waals surface area contributed by atoms with Gasteiger partial charge in [-0.2, -0.15) is 0 Å². The fraction of sp³-hybridized carbons (Fsp3) is 0.429. The molecule has 0 radical (unpaired) electrons. The molecule has 1 aliphatic heterocycles. The molecule has 0 saturated carbocycles. The van der Waals surface area contributed by atoms with Crippen LogP contribution in [0.3, 0.4) is 0 Å². The Hall–Kier alpha value is -1.43. The third-order valence-corrected chi connectivity index (χ3v) is 4.18. The Labute approximate surface area is 124 Å². The molecule has 4 nitrogen and oxygen atoms in total. The van der Waals surface area contributed by atoms with E-state index in [2.05, 4.69) is 21.2 Å². The Morgan fingerprint density at radius 1 is 1.60 bits per heavy atom. The first-order valence-electron chi connectivity index (χ1n) is 6.30. The van der Waals surface area contributed by atoms with Crippen molar-refractivity contribution in [2.45, 2.75) is 31.7 Å². The number of carbonyl (C=O) groups excluding carboxylic acids is 2. The van der Waals surface area contributed by atoms with Crippen LogP contribution in [0, 0.1) is 5.82 Å². The van der Waals surface area contributed by atoms with E-state index in [0.29, 0.717) is 10.0 Å². The first-order chi connectivity index (χ1) is 9.38. The Kier molecular flexibility index (Phi) is 4.13. The summed E-state index contributed by atoms with van der Waals surface area (Å²) in [5.41, 5.74) is -0.0401. The average molecular weight is 344 g/mol. The molecule has 0 aromatic heterocycles. The number of benzene rings is 1. The summed E-state index contributed by atoms with van der Waals surface area (Å²) in [6.45, 7) is 3.75. The van der Waals surface area contributed by atoms with E-state index in [-0.39, 0.29) is 24.8 Å². The van der Waals surface area contributed by atoms with E-state index in [1.807, 2.05) is 0 Å². The number of hydrogen-bond donors (Lipinski definition) is 1. The Balaban J connectivity index is 2.41. The molecule has 2 rings (SSSR count). The van der Waals surface area contributed by atoms with Crippen LogP contribution in [-0.4, -0.2) is 24.5 Å². The van der Waals surface area contributed by atoms with Gasteiger partial charge in [-0.1, -0.05) is 13.0 Å². The van der Waals surface area contributed by atoms with Crippen LogP contribution in [0.15, 0.2) is 22.7 Å². The van der Waals surface area contributed by atoms with Gasteiger partial charge >= 0.3 is 5.97 Å². The van der Waals surface area contributed by atoms with Gasteiger partial charge in [0.1, 0.15) is 11.9 Å². The van der Waals surface area contributed by atoms with E-state index in [0.717, 1.165) is 0 Å². The van der Waals surface area contributed by atoms with Crippen molar-refractivity contribution in [3.63, 3.8) is 0 Å². The molecule has 2 unspecified atom stereocenters. The number of rotatable bonds is 3. The molecule has 0 spiro atoms. The Bertz CT molecular complexity index is 563. The predicted octanol–water partition coefficient (Wildman–Crippen LogP) is 2.30. The van der Waals surface area contributed by atoms with Crippen LogP contribution in [0.4, 0.5) is 4.39 Å². The minimum absolute atomic E-state index is 0.161. The quantitative estimate of drug-likeness (QED) is 0.856. The molecule has 1 amide bonds. The first kappa shape index (κ1) is 15.0. The monoisotopic (exact) mass is 343 g/mol. The lowest BCUT2D eigenvalue weighted by molar-refractivity contribution is -0.147. The molecule has 0 bridgehead atoms. The third kappa shape index (κ3) is 2.57. The standard InChI is InChI=1S/C14H15BrFNO3/c1-3-20-13(19)12-14(2,7-11(18)17-12)8-4-5-10(16)9(15)6-8/h4-6,12H,3,7H2,1-2H3,(H,17,18). The highest BCUT2D eigenvalue weighted by Crippen LogP contribution is 2.37. The van der Waals surface area contributed by atoms with E-state index in [1.54, 1.807) is 26.0 Å². The summed E-state index contributed by atoms with van der Waals surface area (Å²) in [5, 5.41) is 2.64. The molecule has 1 fully saturated rings. The molecule has 1 aliphatic rings. The molecule has 1 N–H and O–H groups in total. The SMILES string of the molecule is CCOC(=O)C1NC(=O)CC1(C)c1ccc(F)c(Br)c1. The zero-order chi connectivity index (χ0) is 14.9. The molecule has 1 aromatic carbocycles. The van der Waals surface area contributed by atoms with Crippen molar-refractivity contribution >= 4 is 27.8 Å². The van der Waals surface area contributed by atoms with Crippen LogP contribution < -0.4 is 5.32 Å². The van der Waals surface area contributed by atoms with Gasteiger partial charge in [0.25, 0.3) is 0 Å². The summed E-state index contributed by atoms with van der Waals surface area (Å²) in [7, 11) is 0. The maximum atomic E-state index is 13.3. The minimum Gasteiger partial charge on any atom is -0.464 e. The number of halogens is 2. The summed E-state index contributed by atoms with van der Waals surface area (Å²) in [4.78, 5) is 23.7. The van der Waals surface area contributed by atoms with Crippen molar-refractivity contribution in [3.05, 3.63) is 34.1 Å². The summed E-state index contributed by atoms with van der Waals surface area (Å²) in [6.07, 6.45) is 0.161. The smallest absolute Gasteiger partial charge is 0.329 e. The molecule has 6 heteroatoms. The fourth-order valence-electron chi connectivity index (χ4n) is 2.47. The molecular formula is C14H15BrFNO3. The number of ether oxygens (including phenoxy) is 1. The lowest BCUT2D eigenvalue weighted by Gasteiger charge is -2.29. The molecular weight excluding hydrogens is 329 g/mol. The Morgan fingerprint density at radius 3 is 2.90 bits per heavy atom. The normalized spacial score (nSPS) is 25.4. The predicted molar refractivity (Wildman–Crippen MR) is 74.6 cm³/mol. The number of amides is 1. The van der Waals surface area contributed by atoms with E-state index in [9.17, 15) is 14.0 Å². The van der Waals surface area contributed by atoms with Crippen LogP contribution in [0.2, 0.25) is 0 Å². The first-order valence-corrected chi connectivity index (χ1v) is 7.09. The molecule has 0 aliphatic carbocycles. The molecule has 20 heavy (non-hydrogen) atoms. The molecule has 1 heterocycles. The van der Waals surface area contributed by atoms with Gasteiger partial charge in [0, 0.05) is 11.8 Å². The highest BCUT2D eigenvalue weighted by Gasteiger charge is 2.49. The summed E-state index contributed by atoms with van der Waals surface area (Å²) < 4.78 is 18.7. The van der Waals surface area contributed by atoms with E-state index in [4.69, 9.17) is 4.74 Å². The zero-order valence-corrected chi connectivity index (χ0v) is 12.8. The maximum Gasteiger partial charge on any atom is 0.329 e. The van der Waals surface area contributed by atoms with Gasteiger partial charge in [0.05, 0.1) is 11.1 Å². The van der Waals surface area contributed by atoms with Crippen LogP contribution >= 0.6 is 15.9 Å². The van der Waals surface area contributed by atoms with Crippen LogP contribution in [0.1, 0.15) is 25.8 Å². The zero-order valence-electron chi connectivity index (χ0n) is 11.2. The summed E-state index contributed by atoms with van der Waals surface area (Å²) >= 11 is 3.12. The highest BCUT2D eigenvalue weighted by atomic mass is 79.9. The molecule has 1 aromatic rings. The van der Waals surface area contributed by atoms with E-state index in [1.165, 1.54) is 6.07 Å². The van der Waals surface area contributed by atoms with Gasteiger partial charge in [-0.3, -0.25) is 4.79 Å². The Morgan fingerprint density at radius 2 is 2.30 bits per heavy atom. The second kappa shape index (κ2) is 5.52. The van der Waals surface area contributed by atoms with Crippen LogP contribution in [-0.2, 0) is 19.7 Å². The van der Waals surface area contributed by atoms with Gasteiger partial charge in [0.2, 0.25) is 5.91 Å². The lowest BCUT2D eigenvalue weighted by atomic mass is 9.76. The molecule has 2 atom stereocenters. The minimum atomic E-state index is -0.757. The van der Waals surface area contributed by atoms with Gasteiger partial charge in [-0.15, -0.1) is 0 Å². The largest absolute Gasteiger partial charge is 0.464 e. The van der Waals surface area contributed by atoms with Crippen molar-refractivity contribution < 1.29 is 18.7 Å². The maximum absolute atomic E-state index is 13.3. The fourth-order valence-corrected chi connectivity index (χ4v) is 2.85. The second-order valence-electron chi connectivity index (χ2n) is 4.98. The van der Waals surface area contributed by atoms with Crippen molar-refractivity contribution in [1.29, 1.82) is 0 Å². The molecule has 1 saturated heterocycles. The van der Waals surface area contributed by atoms with Gasteiger partial charge in [-0.25, -0.2) is 9.18 Å². The van der Waals surface area contributed by atoms with Crippen LogP contribution in [0.25, 0.3) is 0 Å². The topological polar surface area (TPSA) is 55.4 Å². The number of nitrogens with one attached hydrogen (secondary N) is 1. The van der Waals surface area contributed by atoms with Gasteiger partial charge < -0.3 is 10.1 Å². The number of hydrogen-bond acceptors (Lipinski definition) is 3. The average Bonchev–Trinajstić information content (AvgIpc) is 2.69. The van der Waals surface area contributed by atoms with Crippen molar-refractivity contribution in [2.75, 3.05) is 6.61 Å². The van der Waals surface area contributed by atoms with E-state index < -0.39 is 17.4 Å². The number of esters is 1. The van der Waals surface area contributed by atoms with Gasteiger partial charge in [0.15, 0.2) is 0 Å². The van der Waals surface area contributed by atoms with Crippen LogP contribution in [0.5, 0.6) is 0 Å². The highest BCUT2D eigenvalue weighted by molar-refractivity contribution is 9.10. The molecule has 108 valence electrons. The summed E-state index contributed by atoms with van der Waals surface area (Å²) in [5.74, 6) is -1.07. The van der Waals surface area contributed by atoms with Crippen molar-refractivity contribution in [3.8, 4) is 0 Å². The van der Waals surface area contributed by atoms with Crippen molar-refractivity contribution in [2.24, 2.45) is 0 Å². The van der Waals surface area contributed by atoms with Crippen molar-refractivity contribution in [1.82, 2.24) is 5.32 Å².